The van der Waals surface area contributed by atoms with Gasteiger partial charge < -0.3 is 14.4 Å². The molecule has 0 bridgehead atoms. The lowest BCUT2D eigenvalue weighted by molar-refractivity contribution is -0.384. The van der Waals surface area contributed by atoms with Crippen LogP contribution in [0, 0.1) is 10.1 Å². The Morgan fingerprint density at radius 1 is 1.14 bits per heavy atom. The number of benzene rings is 2. The van der Waals surface area contributed by atoms with Gasteiger partial charge in [-0.1, -0.05) is 11.3 Å². The molecule has 0 radical (unpaired) electrons. The maximum absolute atomic E-state index is 12.7. The third-order valence-electron chi connectivity index (χ3n) is 5.33. The third-order valence-corrected chi connectivity index (χ3v) is 6.33. The summed E-state index contributed by atoms with van der Waals surface area (Å²) in [5, 5.41) is 22.5. The molecule has 0 aliphatic carbocycles. The van der Waals surface area contributed by atoms with Gasteiger partial charge in [0.2, 0.25) is 11.0 Å². The SMILES string of the molecule is COC(=O)c1cc(C(=O)Nc2nnc(C3CC(=O)N(c4ccc(OC)cc4)C3)s2)cc([N+](=O)[O-])c1. The lowest BCUT2D eigenvalue weighted by Crippen LogP contribution is -2.24. The van der Waals surface area contributed by atoms with Gasteiger partial charge in [0.1, 0.15) is 10.8 Å². The van der Waals surface area contributed by atoms with Gasteiger partial charge >= 0.3 is 5.97 Å². The Hall–Kier alpha value is -4.39. The molecule has 2 aromatic carbocycles. The number of esters is 1. The molecular formula is C22H19N5O7S. The minimum atomic E-state index is -0.812. The largest absolute Gasteiger partial charge is 0.497 e. The molecule has 0 saturated carbocycles. The quantitative estimate of drug-likeness (QED) is 0.295. The Bertz CT molecular complexity index is 1310. The van der Waals surface area contributed by atoms with Gasteiger partial charge in [0, 0.05) is 42.3 Å². The number of carbonyl (C=O) groups excluding carboxylic acids is 3. The van der Waals surface area contributed by atoms with E-state index in [-0.39, 0.29) is 34.5 Å². The summed E-state index contributed by atoms with van der Waals surface area (Å²) in [6, 6.07) is 10.4. The standard InChI is InChI=1S/C22H19N5O7S/c1-33-17-5-3-15(4-6-17)26-11-14(10-18(26)28)20-24-25-22(35-20)23-19(29)12-7-13(21(30)34-2)9-16(8-12)27(31)32/h3-9,14H,10-11H2,1-2H3,(H,23,25,29). The molecule has 1 aliphatic rings. The minimum Gasteiger partial charge on any atom is -0.497 e. The minimum absolute atomic E-state index is 0.0621. The monoisotopic (exact) mass is 497 g/mol. The summed E-state index contributed by atoms with van der Waals surface area (Å²) < 4.78 is 9.74. The number of hydrogen-bond acceptors (Lipinski definition) is 10. The molecule has 180 valence electrons. The van der Waals surface area contributed by atoms with Crippen molar-refractivity contribution in [2.24, 2.45) is 0 Å². The van der Waals surface area contributed by atoms with E-state index in [4.69, 9.17) is 4.74 Å². The number of non-ortho nitro benzene ring substituents is 1. The van der Waals surface area contributed by atoms with Gasteiger partial charge in [0.05, 0.1) is 24.7 Å². The highest BCUT2D eigenvalue weighted by atomic mass is 32.1. The van der Waals surface area contributed by atoms with E-state index < -0.39 is 22.5 Å². The maximum Gasteiger partial charge on any atom is 0.338 e. The number of aromatic nitrogens is 2. The van der Waals surface area contributed by atoms with E-state index in [2.05, 4.69) is 20.3 Å². The van der Waals surface area contributed by atoms with Crippen molar-refractivity contribution in [1.29, 1.82) is 0 Å². The summed E-state index contributed by atoms with van der Waals surface area (Å²) in [6.07, 6.45) is 0.238. The van der Waals surface area contributed by atoms with Crippen LogP contribution in [0.25, 0.3) is 0 Å². The predicted octanol–water partition coefficient (Wildman–Crippen LogP) is 3.01. The van der Waals surface area contributed by atoms with Crippen molar-refractivity contribution in [1.82, 2.24) is 10.2 Å². The van der Waals surface area contributed by atoms with E-state index in [1.54, 1.807) is 36.3 Å². The molecule has 35 heavy (non-hydrogen) atoms. The van der Waals surface area contributed by atoms with Crippen molar-refractivity contribution < 1.29 is 28.8 Å². The van der Waals surface area contributed by atoms with Gasteiger partial charge in [-0.25, -0.2) is 4.79 Å². The first-order chi connectivity index (χ1) is 16.8. The normalized spacial score (nSPS) is 15.1. The Labute approximate surface area is 202 Å². The van der Waals surface area contributed by atoms with E-state index in [1.807, 2.05) is 0 Å². The second kappa shape index (κ2) is 9.85. The Morgan fingerprint density at radius 2 is 1.86 bits per heavy atom. The van der Waals surface area contributed by atoms with Gasteiger partial charge in [0.25, 0.3) is 11.6 Å². The number of rotatable bonds is 7. The first-order valence-electron chi connectivity index (χ1n) is 10.3. The van der Waals surface area contributed by atoms with Crippen molar-refractivity contribution in [2.75, 3.05) is 31.0 Å². The maximum atomic E-state index is 12.7. The Kier molecular flexibility index (Phi) is 6.68. The second-order valence-electron chi connectivity index (χ2n) is 7.52. The number of ether oxygens (including phenoxy) is 2. The number of nitro benzene ring substituents is 1. The molecule has 4 rings (SSSR count). The number of nitro groups is 1. The molecule has 1 aromatic heterocycles. The number of nitrogens with zero attached hydrogens (tertiary/aromatic N) is 4. The molecule has 2 heterocycles. The zero-order valence-corrected chi connectivity index (χ0v) is 19.4. The van der Waals surface area contributed by atoms with E-state index in [1.165, 1.54) is 6.07 Å². The van der Waals surface area contributed by atoms with Gasteiger partial charge in [-0.3, -0.25) is 25.0 Å². The Balaban J connectivity index is 1.48. The molecular weight excluding hydrogens is 478 g/mol. The summed E-state index contributed by atoms with van der Waals surface area (Å²) in [5.41, 5.74) is 0.0634. The predicted molar refractivity (Wildman–Crippen MR) is 125 cm³/mol. The molecule has 1 atom stereocenters. The van der Waals surface area contributed by atoms with Crippen molar-refractivity contribution in [3.8, 4) is 5.75 Å². The molecule has 13 heteroatoms. The van der Waals surface area contributed by atoms with Crippen LogP contribution in [-0.2, 0) is 9.53 Å². The van der Waals surface area contributed by atoms with E-state index in [9.17, 15) is 24.5 Å². The molecule has 12 nitrogen and oxygen atoms in total. The zero-order chi connectivity index (χ0) is 25.1. The van der Waals surface area contributed by atoms with Crippen LogP contribution in [0.3, 0.4) is 0 Å². The highest BCUT2D eigenvalue weighted by Gasteiger charge is 2.34. The molecule has 1 N–H and O–H groups in total. The fraction of sp³-hybridized carbons (Fsp3) is 0.227. The smallest absolute Gasteiger partial charge is 0.338 e. The highest BCUT2D eigenvalue weighted by Crippen LogP contribution is 2.35. The molecule has 3 aromatic rings. The van der Waals surface area contributed by atoms with Crippen LogP contribution in [0.1, 0.15) is 38.1 Å². The van der Waals surface area contributed by atoms with E-state index in [0.717, 1.165) is 36.3 Å². The van der Waals surface area contributed by atoms with Crippen molar-refractivity contribution in [2.45, 2.75) is 12.3 Å². The number of hydrogen-bond donors (Lipinski definition) is 1. The summed E-state index contributed by atoms with van der Waals surface area (Å²) in [6.45, 7) is 0.404. The van der Waals surface area contributed by atoms with E-state index >= 15 is 0 Å². The molecule has 0 spiro atoms. The average Bonchev–Trinajstić information content (AvgIpc) is 3.49. The van der Waals surface area contributed by atoms with Crippen LogP contribution in [0.4, 0.5) is 16.5 Å². The van der Waals surface area contributed by atoms with Crippen LogP contribution in [0.15, 0.2) is 42.5 Å². The summed E-state index contributed by atoms with van der Waals surface area (Å²) >= 11 is 1.11. The molecule has 1 saturated heterocycles. The van der Waals surface area contributed by atoms with Gasteiger partial charge in [0.15, 0.2) is 0 Å². The summed E-state index contributed by atoms with van der Waals surface area (Å²) in [7, 11) is 2.70. The fourth-order valence-electron chi connectivity index (χ4n) is 3.59. The van der Waals surface area contributed by atoms with Crippen molar-refractivity contribution in [3.05, 3.63) is 68.7 Å². The average molecular weight is 497 g/mol. The van der Waals surface area contributed by atoms with Crippen LogP contribution < -0.4 is 15.0 Å². The first-order valence-corrected chi connectivity index (χ1v) is 11.1. The van der Waals surface area contributed by atoms with Crippen LogP contribution in [-0.4, -0.2) is 53.7 Å². The van der Waals surface area contributed by atoms with Crippen LogP contribution >= 0.6 is 11.3 Å². The van der Waals surface area contributed by atoms with Crippen molar-refractivity contribution >= 4 is 45.6 Å². The molecule has 1 unspecified atom stereocenters. The van der Waals surface area contributed by atoms with Crippen LogP contribution in [0.2, 0.25) is 0 Å². The lowest BCUT2D eigenvalue weighted by atomic mass is 10.1. The number of anilines is 2. The first kappa shape index (κ1) is 23.8. The number of amides is 2. The summed E-state index contributed by atoms with van der Waals surface area (Å²) in [5.74, 6) is -1.11. The lowest BCUT2D eigenvalue weighted by Gasteiger charge is -2.16. The van der Waals surface area contributed by atoms with Gasteiger partial charge in [-0.2, -0.15) is 0 Å². The van der Waals surface area contributed by atoms with Crippen LogP contribution in [0.5, 0.6) is 5.75 Å². The van der Waals surface area contributed by atoms with Gasteiger partial charge in [-0.15, -0.1) is 10.2 Å². The molecule has 2 amide bonds. The molecule has 1 aliphatic heterocycles. The number of methoxy groups -OCH3 is 2. The third kappa shape index (κ3) is 5.09. The van der Waals surface area contributed by atoms with Crippen molar-refractivity contribution in [3.63, 3.8) is 0 Å². The van der Waals surface area contributed by atoms with E-state index in [0.29, 0.717) is 17.3 Å². The number of nitrogens with one attached hydrogen (secondary N) is 1. The fourth-order valence-corrected chi connectivity index (χ4v) is 4.42. The second-order valence-corrected chi connectivity index (χ2v) is 8.53. The Morgan fingerprint density at radius 3 is 2.51 bits per heavy atom. The number of carbonyl (C=O) groups is 3. The summed E-state index contributed by atoms with van der Waals surface area (Å²) in [4.78, 5) is 49.2. The zero-order valence-electron chi connectivity index (χ0n) is 18.6. The highest BCUT2D eigenvalue weighted by molar-refractivity contribution is 7.15. The molecule has 1 fully saturated rings. The topological polar surface area (TPSA) is 154 Å². The van der Waals surface area contributed by atoms with Gasteiger partial charge in [-0.05, 0) is 30.3 Å².